The summed E-state index contributed by atoms with van der Waals surface area (Å²) in [6.07, 6.45) is -0.707. The maximum atomic E-state index is 14.5. The highest BCUT2D eigenvalue weighted by atomic mass is 79.9. The largest absolute Gasteiger partial charge is 0.479 e. The number of carbonyl (C=O) groups is 2. The van der Waals surface area contributed by atoms with Gasteiger partial charge in [0.1, 0.15) is 11.6 Å². The number of benzene rings is 2. The minimum atomic E-state index is -1.13. The molecule has 0 N–H and O–H groups in total. The normalized spacial score (nSPS) is 10.5. The second-order valence-corrected chi connectivity index (χ2v) is 6.07. The van der Waals surface area contributed by atoms with E-state index in [0.29, 0.717) is 4.47 Å². The number of halogens is 4. The minimum absolute atomic E-state index is 0.131. The lowest BCUT2D eigenvalue weighted by Gasteiger charge is -2.11. The summed E-state index contributed by atoms with van der Waals surface area (Å²) >= 11 is 3.11. The molecule has 0 aliphatic heterocycles. The van der Waals surface area contributed by atoms with Crippen molar-refractivity contribution in [1.82, 2.24) is 0 Å². The Morgan fingerprint density at radius 3 is 2.46 bits per heavy atom. The van der Waals surface area contributed by atoms with Gasteiger partial charge in [-0.15, -0.1) is 0 Å². The standard InChI is InChI=1S/C18H14BrF3O4/c1-2-25-17(24)9-26-16-6-5-14(21)12(18(16)22)8-15(23)11-7-10(19)3-4-13(11)20/h3-7H,2,8-9H2,1H3. The summed E-state index contributed by atoms with van der Waals surface area (Å²) in [5, 5.41) is 0. The van der Waals surface area contributed by atoms with Gasteiger partial charge in [0.15, 0.2) is 24.0 Å². The second kappa shape index (κ2) is 8.84. The first kappa shape index (κ1) is 20.0. The predicted molar refractivity (Wildman–Crippen MR) is 90.6 cm³/mol. The third-order valence-electron chi connectivity index (χ3n) is 3.37. The predicted octanol–water partition coefficient (Wildman–Crippen LogP) is 4.23. The van der Waals surface area contributed by atoms with Crippen molar-refractivity contribution in [2.24, 2.45) is 0 Å². The SMILES string of the molecule is CCOC(=O)COc1ccc(F)c(CC(=O)c2cc(Br)ccc2F)c1F. The van der Waals surface area contributed by atoms with Crippen LogP contribution < -0.4 is 4.74 Å². The number of esters is 1. The molecule has 0 atom stereocenters. The van der Waals surface area contributed by atoms with Crippen LogP contribution in [0.3, 0.4) is 0 Å². The molecule has 0 heterocycles. The summed E-state index contributed by atoms with van der Waals surface area (Å²) in [4.78, 5) is 23.5. The molecule has 2 aromatic rings. The summed E-state index contributed by atoms with van der Waals surface area (Å²) in [7, 11) is 0. The van der Waals surface area contributed by atoms with Crippen molar-refractivity contribution in [2.75, 3.05) is 13.2 Å². The van der Waals surface area contributed by atoms with Crippen LogP contribution in [0.15, 0.2) is 34.8 Å². The molecule has 0 bridgehead atoms. The molecule has 0 amide bonds. The Hall–Kier alpha value is -2.35. The lowest BCUT2D eigenvalue weighted by Crippen LogP contribution is -2.16. The molecule has 2 aromatic carbocycles. The molecule has 8 heteroatoms. The molecule has 0 spiro atoms. The van der Waals surface area contributed by atoms with Crippen LogP contribution in [0.1, 0.15) is 22.8 Å². The molecule has 0 aromatic heterocycles. The van der Waals surface area contributed by atoms with Gasteiger partial charge in [0, 0.05) is 16.5 Å². The van der Waals surface area contributed by atoms with E-state index in [4.69, 9.17) is 4.74 Å². The molecule has 0 saturated carbocycles. The van der Waals surface area contributed by atoms with Gasteiger partial charge < -0.3 is 9.47 Å². The number of Topliss-reactive ketones (excluding diaryl/α,β-unsaturated/α-hetero) is 1. The first-order valence-electron chi connectivity index (χ1n) is 7.57. The van der Waals surface area contributed by atoms with Crippen LogP contribution in [0.25, 0.3) is 0 Å². The van der Waals surface area contributed by atoms with E-state index >= 15 is 0 Å². The fourth-order valence-electron chi connectivity index (χ4n) is 2.16. The third kappa shape index (κ3) is 4.85. The Morgan fingerprint density at radius 2 is 1.77 bits per heavy atom. The van der Waals surface area contributed by atoms with E-state index in [-0.39, 0.29) is 12.2 Å². The van der Waals surface area contributed by atoms with Crippen molar-refractivity contribution in [3.05, 3.63) is 63.4 Å². The molecular weight excluding hydrogens is 417 g/mol. The number of rotatable bonds is 7. The summed E-state index contributed by atoms with van der Waals surface area (Å²) in [5.74, 6) is -4.83. The molecule has 0 unspecified atom stereocenters. The number of hydrogen-bond donors (Lipinski definition) is 0. The number of carbonyl (C=O) groups excluding carboxylic acids is 2. The van der Waals surface area contributed by atoms with Crippen molar-refractivity contribution >= 4 is 27.7 Å². The topological polar surface area (TPSA) is 52.6 Å². The molecule has 26 heavy (non-hydrogen) atoms. The fraction of sp³-hybridized carbons (Fsp3) is 0.222. The average molecular weight is 431 g/mol. The first-order chi connectivity index (χ1) is 12.3. The fourth-order valence-corrected chi connectivity index (χ4v) is 2.52. The second-order valence-electron chi connectivity index (χ2n) is 5.16. The van der Waals surface area contributed by atoms with E-state index in [1.54, 1.807) is 6.92 Å². The van der Waals surface area contributed by atoms with E-state index in [0.717, 1.165) is 18.2 Å². The molecule has 0 fully saturated rings. The molecular formula is C18H14BrF3O4. The molecule has 4 nitrogen and oxygen atoms in total. The summed E-state index contributed by atoms with van der Waals surface area (Å²) < 4.78 is 52.3. The highest BCUT2D eigenvalue weighted by Gasteiger charge is 2.21. The quantitative estimate of drug-likeness (QED) is 0.487. The summed E-state index contributed by atoms with van der Waals surface area (Å²) in [6, 6.07) is 5.61. The van der Waals surface area contributed by atoms with Gasteiger partial charge in [0.2, 0.25) is 0 Å². The van der Waals surface area contributed by atoms with E-state index in [2.05, 4.69) is 20.7 Å². The Balaban J connectivity index is 2.23. The smallest absolute Gasteiger partial charge is 0.344 e. The van der Waals surface area contributed by atoms with Gasteiger partial charge in [-0.2, -0.15) is 0 Å². The Kier molecular flexibility index (Phi) is 6.79. The zero-order chi connectivity index (χ0) is 19.3. The van der Waals surface area contributed by atoms with Crippen molar-refractivity contribution in [3.8, 4) is 5.75 Å². The molecule has 138 valence electrons. The average Bonchev–Trinajstić information content (AvgIpc) is 2.60. The van der Waals surface area contributed by atoms with Crippen molar-refractivity contribution in [2.45, 2.75) is 13.3 Å². The number of hydrogen-bond acceptors (Lipinski definition) is 4. The minimum Gasteiger partial charge on any atom is -0.479 e. The maximum Gasteiger partial charge on any atom is 0.344 e. The van der Waals surface area contributed by atoms with Gasteiger partial charge in [0.25, 0.3) is 0 Å². The van der Waals surface area contributed by atoms with Crippen LogP contribution >= 0.6 is 15.9 Å². The van der Waals surface area contributed by atoms with Crippen LogP contribution in [-0.2, 0) is 16.0 Å². The molecule has 0 radical (unpaired) electrons. The van der Waals surface area contributed by atoms with Crippen LogP contribution in [0.4, 0.5) is 13.2 Å². The van der Waals surface area contributed by atoms with Crippen molar-refractivity contribution in [1.29, 1.82) is 0 Å². The van der Waals surface area contributed by atoms with E-state index in [1.807, 2.05) is 0 Å². The lowest BCUT2D eigenvalue weighted by molar-refractivity contribution is -0.145. The van der Waals surface area contributed by atoms with E-state index < -0.39 is 53.5 Å². The van der Waals surface area contributed by atoms with Crippen LogP contribution in [-0.4, -0.2) is 25.0 Å². The summed E-state index contributed by atoms with van der Waals surface area (Å²) in [6.45, 7) is 1.16. The van der Waals surface area contributed by atoms with Gasteiger partial charge in [-0.1, -0.05) is 15.9 Å². The molecule has 0 aliphatic carbocycles. The van der Waals surface area contributed by atoms with Gasteiger partial charge in [0.05, 0.1) is 12.2 Å². The molecule has 2 rings (SSSR count). The van der Waals surface area contributed by atoms with Crippen molar-refractivity contribution < 1.29 is 32.2 Å². The van der Waals surface area contributed by atoms with Crippen LogP contribution in [0.2, 0.25) is 0 Å². The molecule has 0 aliphatic rings. The zero-order valence-corrected chi connectivity index (χ0v) is 15.2. The Bertz CT molecular complexity index is 839. The Labute approximate surface area is 156 Å². The van der Waals surface area contributed by atoms with Gasteiger partial charge in [-0.25, -0.2) is 18.0 Å². The lowest BCUT2D eigenvalue weighted by atomic mass is 10.0. The maximum absolute atomic E-state index is 14.5. The number of ether oxygens (including phenoxy) is 2. The van der Waals surface area contributed by atoms with Crippen LogP contribution in [0.5, 0.6) is 5.75 Å². The zero-order valence-electron chi connectivity index (χ0n) is 13.7. The van der Waals surface area contributed by atoms with E-state index in [1.165, 1.54) is 12.1 Å². The number of ketones is 1. The third-order valence-corrected chi connectivity index (χ3v) is 3.86. The van der Waals surface area contributed by atoms with Gasteiger partial charge >= 0.3 is 5.97 Å². The highest BCUT2D eigenvalue weighted by molar-refractivity contribution is 9.10. The van der Waals surface area contributed by atoms with E-state index in [9.17, 15) is 22.8 Å². The van der Waals surface area contributed by atoms with Crippen LogP contribution in [0, 0.1) is 17.5 Å². The summed E-state index contributed by atoms with van der Waals surface area (Å²) in [5.41, 5.74) is -0.869. The first-order valence-corrected chi connectivity index (χ1v) is 8.36. The highest BCUT2D eigenvalue weighted by Crippen LogP contribution is 2.25. The van der Waals surface area contributed by atoms with Gasteiger partial charge in [-0.05, 0) is 37.3 Å². The monoisotopic (exact) mass is 430 g/mol. The molecule has 0 saturated heterocycles. The Morgan fingerprint density at radius 1 is 1.08 bits per heavy atom. The van der Waals surface area contributed by atoms with Gasteiger partial charge in [-0.3, -0.25) is 4.79 Å². The van der Waals surface area contributed by atoms with Crippen molar-refractivity contribution in [3.63, 3.8) is 0 Å².